The van der Waals surface area contributed by atoms with E-state index in [1.165, 1.54) is 16.7 Å². The van der Waals surface area contributed by atoms with Crippen LogP contribution in [0.25, 0.3) is 0 Å². The summed E-state index contributed by atoms with van der Waals surface area (Å²) >= 11 is 0. The highest BCUT2D eigenvalue weighted by Gasteiger charge is 2.10. The van der Waals surface area contributed by atoms with Crippen LogP contribution in [0, 0.1) is 0 Å². The molecule has 1 fully saturated rings. The first-order valence-electron chi connectivity index (χ1n) is 9.31. The Hall–Kier alpha value is -2.21. The Morgan fingerprint density at radius 1 is 0.963 bits per heavy atom. The van der Waals surface area contributed by atoms with Crippen molar-refractivity contribution in [3.8, 4) is 0 Å². The third kappa shape index (κ3) is 6.79. The number of hydrazine groups is 1. The minimum absolute atomic E-state index is 0. The Morgan fingerprint density at radius 2 is 1.59 bits per heavy atom. The average molecular weight is 369 g/mol. The number of hydrogen-bond acceptors (Lipinski definition) is 4. The van der Waals surface area contributed by atoms with Crippen molar-refractivity contribution in [2.24, 2.45) is 5.84 Å². The van der Waals surface area contributed by atoms with Gasteiger partial charge in [-0.25, -0.2) is 5.84 Å². The van der Waals surface area contributed by atoms with Gasteiger partial charge in [-0.3, -0.25) is 15.1 Å². The lowest BCUT2D eigenvalue weighted by Crippen LogP contribution is -2.42. The van der Waals surface area contributed by atoms with E-state index in [1.54, 1.807) is 0 Å². The van der Waals surface area contributed by atoms with Crippen molar-refractivity contribution in [3.63, 3.8) is 0 Å². The predicted molar refractivity (Wildman–Crippen MR) is 111 cm³/mol. The number of benzene rings is 2. The zero-order valence-electron chi connectivity index (χ0n) is 15.2. The maximum Gasteiger partial charge on any atom is 0.238 e. The molecule has 0 radical (unpaired) electrons. The Morgan fingerprint density at radius 3 is 2.30 bits per heavy atom. The molecule has 0 spiro atoms. The number of aryl methyl sites for hydroxylation is 2. The Bertz CT molecular complexity index is 709. The Kier molecular flexibility index (Phi) is 8.45. The molecule has 0 saturated carbocycles. The largest absolute Gasteiger partial charge is 0.314 e. The lowest BCUT2D eigenvalue weighted by Gasteiger charge is -2.27. The van der Waals surface area contributed by atoms with Crippen LogP contribution >= 0.6 is 0 Å². The van der Waals surface area contributed by atoms with Crippen molar-refractivity contribution >= 4 is 5.91 Å². The van der Waals surface area contributed by atoms with Crippen molar-refractivity contribution in [2.45, 2.75) is 33.2 Å². The molecule has 0 unspecified atom stereocenters. The van der Waals surface area contributed by atoms with Crippen LogP contribution in [0.15, 0.2) is 48.5 Å². The zero-order valence-corrected chi connectivity index (χ0v) is 15.2. The Labute approximate surface area is 162 Å². The van der Waals surface area contributed by atoms with Crippen LogP contribution in [0.3, 0.4) is 0 Å². The number of amides is 1. The molecular formula is C22H32N4O. The lowest BCUT2D eigenvalue weighted by atomic mass is 10.0. The smallest absolute Gasteiger partial charge is 0.238 e. The molecule has 0 aliphatic carbocycles. The second-order valence-electron chi connectivity index (χ2n) is 6.91. The first kappa shape index (κ1) is 21.1. The lowest BCUT2D eigenvalue weighted by molar-refractivity contribution is -0.120. The molecule has 1 aliphatic rings. The molecular weight excluding hydrogens is 336 g/mol. The topological polar surface area (TPSA) is 70.4 Å². The summed E-state index contributed by atoms with van der Waals surface area (Å²) in [5, 5.41) is 3.40. The van der Waals surface area contributed by atoms with E-state index in [0.717, 1.165) is 51.1 Å². The summed E-state index contributed by atoms with van der Waals surface area (Å²) in [5.41, 5.74) is 7.21. The minimum atomic E-state index is -0.168. The highest BCUT2D eigenvalue weighted by Crippen LogP contribution is 2.13. The van der Waals surface area contributed by atoms with Gasteiger partial charge in [0, 0.05) is 32.7 Å². The van der Waals surface area contributed by atoms with Gasteiger partial charge in [-0.1, -0.05) is 56.0 Å². The van der Waals surface area contributed by atoms with Crippen LogP contribution in [-0.2, 0) is 30.6 Å². The Balaban J connectivity index is 0.00000261. The number of nitrogens with two attached hydrogens (primary N) is 1. The van der Waals surface area contributed by atoms with E-state index in [0.29, 0.717) is 6.42 Å². The van der Waals surface area contributed by atoms with Gasteiger partial charge in [0.2, 0.25) is 5.91 Å². The highest BCUT2D eigenvalue weighted by molar-refractivity contribution is 5.77. The summed E-state index contributed by atoms with van der Waals surface area (Å²) in [6, 6.07) is 17.2. The van der Waals surface area contributed by atoms with Crippen molar-refractivity contribution in [2.75, 3.05) is 26.2 Å². The van der Waals surface area contributed by atoms with Gasteiger partial charge >= 0.3 is 0 Å². The number of nitrogens with zero attached hydrogens (tertiary/aromatic N) is 1. The number of carbonyl (C=O) groups is 1. The molecule has 1 amide bonds. The van der Waals surface area contributed by atoms with Gasteiger partial charge < -0.3 is 5.32 Å². The number of hydrogen-bond donors (Lipinski definition) is 3. The number of nitrogens with one attached hydrogen (secondary N) is 2. The quantitative estimate of drug-likeness (QED) is 0.397. The molecule has 5 nitrogen and oxygen atoms in total. The maximum absolute atomic E-state index is 11.3. The van der Waals surface area contributed by atoms with Gasteiger partial charge in [-0.05, 0) is 35.1 Å². The average Bonchev–Trinajstić information content (AvgIpc) is 2.68. The van der Waals surface area contributed by atoms with Crippen LogP contribution < -0.4 is 16.6 Å². The van der Waals surface area contributed by atoms with Crippen molar-refractivity contribution in [3.05, 3.63) is 70.8 Å². The van der Waals surface area contributed by atoms with E-state index in [4.69, 9.17) is 5.84 Å². The molecule has 2 aromatic carbocycles. The van der Waals surface area contributed by atoms with Gasteiger partial charge in [0.1, 0.15) is 0 Å². The number of carbonyl (C=O) groups excluding carboxylic acids is 1. The van der Waals surface area contributed by atoms with Crippen molar-refractivity contribution in [1.29, 1.82) is 0 Å². The summed E-state index contributed by atoms with van der Waals surface area (Å²) in [4.78, 5) is 13.8. The third-order valence-electron chi connectivity index (χ3n) is 4.86. The molecule has 4 N–H and O–H groups in total. The summed E-state index contributed by atoms with van der Waals surface area (Å²) in [5.74, 6) is 4.96. The molecule has 2 aromatic rings. The second kappa shape index (κ2) is 10.8. The summed E-state index contributed by atoms with van der Waals surface area (Å²) in [6.07, 6.45) is 2.35. The normalized spacial score (nSPS) is 14.4. The van der Waals surface area contributed by atoms with Gasteiger partial charge in [0.25, 0.3) is 0 Å². The molecule has 1 heterocycles. The van der Waals surface area contributed by atoms with E-state index < -0.39 is 0 Å². The van der Waals surface area contributed by atoms with Gasteiger partial charge in [-0.15, -0.1) is 0 Å². The van der Waals surface area contributed by atoms with Crippen molar-refractivity contribution in [1.82, 2.24) is 15.6 Å². The molecule has 1 aliphatic heterocycles. The first-order valence-corrected chi connectivity index (χ1v) is 9.31. The number of rotatable bonds is 7. The van der Waals surface area contributed by atoms with Crippen LogP contribution in [0.1, 0.15) is 29.7 Å². The van der Waals surface area contributed by atoms with E-state index in [1.807, 2.05) is 12.1 Å². The molecule has 5 heteroatoms. The van der Waals surface area contributed by atoms with E-state index in [9.17, 15) is 4.79 Å². The monoisotopic (exact) mass is 368 g/mol. The third-order valence-corrected chi connectivity index (χ3v) is 4.86. The predicted octanol–water partition coefficient (Wildman–Crippen LogP) is 2.05. The van der Waals surface area contributed by atoms with Crippen LogP contribution in [0.2, 0.25) is 0 Å². The molecule has 0 aromatic heterocycles. The SMILES string of the molecule is C.NNC(=O)Cc1ccc(CCc2cccc(CN3CCNCC3)c2)cc1. The van der Waals surface area contributed by atoms with Crippen LogP contribution in [0.5, 0.6) is 0 Å². The second-order valence-corrected chi connectivity index (χ2v) is 6.91. The molecule has 0 bridgehead atoms. The number of piperazine rings is 1. The van der Waals surface area contributed by atoms with Crippen molar-refractivity contribution < 1.29 is 4.79 Å². The summed E-state index contributed by atoms with van der Waals surface area (Å²) in [7, 11) is 0. The summed E-state index contributed by atoms with van der Waals surface area (Å²) < 4.78 is 0. The van der Waals surface area contributed by atoms with Gasteiger partial charge in [0.15, 0.2) is 0 Å². The van der Waals surface area contributed by atoms with Crippen LogP contribution in [-0.4, -0.2) is 37.0 Å². The minimum Gasteiger partial charge on any atom is -0.314 e. The molecule has 1 saturated heterocycles. The van der Waals surface area contributed by atoms with E-state index in [2.05, 4.69) is 52.0 Å². The fourth-order valence-electron chi connectivity index (χ4n) is 3.36. The van der Waals surface area contributed by atoms with Gasteiger partial charge in [0.05, 0.1) is 6.42 Å². The molecule has 146 valence electrons. The standard InChI is InChI=1S/C21H28N4O.CH4/c22-24-21(26)15-19-8-5-17(6-9-19)4-7-18-2-1-3-20(14-18)16-25-12-10-23-11-13-25;/h1-3,5-6,8-9,14,23H,4,7,10-13,15-16,22H2,(H,24,26);1H4. The maximum atomic E-state index is 11.3. The molecule has 27 heavy (non-hydrogen) atoms. The van der Waals surface area contributed by atoms with Gasteiger partial charge in [-0.2, -0.15) is 0 Å². The summed E-state index contributed by atoms with van der Waals surface area (Å²) in [6.45, 7) is 5.45. The van der Waals surface area contributed by atoms with E-state index in [-0.39, 0.29) is 13.3 Å². The molecule has 3 rings (SSSR count). The first-order chi connectivity index (χ1) is 12.7. The highest BCUT2D eigenvalue weighted by atomic mass is 16.2. The molecule has 0 atom stereocenters. The van der Waals surface area contributed by atoms with Crippen LogP contribution in [0.4, 0.5) is 0 Å². The fraction of sp³-hybridized carbons (Fsp3) is 0.409. The zero-order chi connectivity index (χ0) is 18.2. The van der Waals surface area contributed by atoms with E-state index >= 15 is 0 Å². The fourth-order valence-corrected chi connectivity index (χ4v) is 3.36.